The minimum Gasteiger partial charge on any atom is -0.431 e. The summed E-state index contributed by atoms with van der Waals surface area (Å²) < 4.78 is 5.61. The van der Waals surface area contributed by atoms with Crippen molar-refractivity contribution in [1.82, 2.24) is 15.6 Å². The Balaban J connectivity index is 1.73. The van der Waals surface area contributed by atoms with Gasteiger partial charge >= 0.3 is 0 Å². The number of hydrogen-bond donors (Lipinski definition) is 2. The van der Waals surface area contributed by atoms with Crippen molar-refractivity contribution < 1.29 is 9.21 Å². The summed E-state index contributed by atoms with van der Waals surface area (Å²) in [6.07, 6.45) is 0. The van der Waals surface area contributed by atoms with Gasteiger partial charge < -0.3 is 15.1 Å². The molecule has 0 bridgehead atoms. The zero-order chi connectivity index (χ0) is 13.9. The fraction of sp³-hybridized carbons (Fsp3) is 0.333. The molecule has 5 heteroatoms. The van der Waals surface area contributed by atoms with Crippen molar-refractivity contribution in [2.45, 2.75) is 6.92 Å². The molecule has 0 unspecified atom stereocenters. The van der Waals surface area contributed by atoms with E-state index in [1.807, 2.05) is 30.3 Å². The first-order valence-corrected chi connectivity index (χ1v) is 6.76. The van der Waals surface area contributed by atoms with Crippen molar-refractivity contribution in [3.63, 3.8) is 0 Å². The Hall–Kier alpha value is -2.14. The lowest BCUT2D eigenvalue weighted by atomic mass is 10.0. The van der Waals surface area contributed by atoms with E-state index >= 15 is 0 Å². The van der Waals surface area contributed by atoms with Gasteiger partial charge in [-0.2, -0.15) is 0 Å². The Bertz CT molecular complexity index is 603. The molecular formula is C15H17N3O2. The van der Waals surface area contributed by atoms with Crippen molar-refractivity contribution in [2.24, 2.45) is 5.92 Å². The van der Waals surface area contributed by atoms with Crippen LogP contribution in [0.25, 0.3) is 11.5 Å². The molecule has 1 aromatic heterocycles. The molecule has 0 radical (unpaired) electrons. The molecule has 1 saturated heterocycles. The van der Waals surface area contributed by atoms with E-state index in [0.29, 0.717) is 29.8 Å². The third-order valence-electron chi connectivity index (χ3n) is 3.44. The predicted octanol–water partition coefficient (Wildman–Crippen LogP) is 1.60. The quantitative estimate of drug-likeness (QED) is 0.886. The van der Waals surface area contributed by atoms with Crippen LogP contribution in [0.5, 0.6) is 0 Å². The highest BCUT2D eigenvalue weighted by Gasteiger charge is 2.21. The van der Waals surface area contributed by atoms with Gasteiger partial charge in [-0.25, -0.2) is 4.98 Å². The molecule has 1 amide bonds. The van der Waals surface area contributed by atoms with Crippen LogP contribution in [0.15, 0.2) is 34.7 Å². The van der Waals surface area contributed by atoms with E-state index in [0.717, 1.165) is 18.7 Å². The van der Waals surface area contributed by atoms with Crippen LogP contribution in [0, 0.1) is 12.8 Å². The molecule has 3 rings (SSSR count). The van der Waals surface area contributed by atoms with Crippen LogP contribution in [0.1, 0.15) is 16.2 Å². The summed E-state index contributed by atoms with van der Waals surface area (Å²) in [4.78, 5) is 16.4. The maximum absolute atomic E-state index is 12.1. The monoisotopic (exact) mass is 271 g/mol. The molecule has 5 nitrogen and oxygen atoms in total. The summed E-state index contributed by atoms with van der Waals surface area (Å²) in [5.41, 5.74) is 1.49. The normalized spacial score (nSPS) is 14.8. The van der Waals surface area contributed by atoms with Crippen LogP contribution in [-0.2, 0) is 0 Å². The van der Waals surface area contributed by atoms with Gasteiger partial charge in [0.25, 0.3) is 5.91 Å². The number of aromatic nitrogens is 1. The molecule has 0 atom stereocenters. The van der Waals surface area contributed by atoms with E-state index < -0.39 is 0 Å². The highest BCUT2D eigenvalue weighted by atomic mass is 16.4. The predicted molar refractivity (Wildman–Crippen MR) is 75.4 cm³/mol. The molecule has 1 aliphatic rings. The highest BCUT2D eigenvalue weighted by molar-refractivity contribution is 5.92. The Morgan fingerprint density at radius 3 is 2.80 bits per heavy atom. The maximum atomic E-state index is 12.1. The molecule has 104 valence electrons. The fourth-order valence-electron chi connectivity index (χ4n) is 2.12. The van der Waals surface area contributed by atoms with Crippen LogP contribution in [0.3, 0.4) is 0 Å². The average molecular weight is 271 g/mol. The van der Waals surface area contributed by atoms with E-state index in [2.05, 4.69) is 15.6 Å². The number of amides is 1. The summed E-state index contributed by atoms with van der Waals surface area (Å²) in [5, 5.41) is 6.07. The summed E-state index contributed by atoms with van der Waals surface area (Å²) >= 11 is 0. The number of hydrogen-bond acceptors (Lipinski definition) is 4. The number of aryl methyl sites for hydroxylation is 1. The number of rotatable bonds is 4. The van der Waals surface area contributed by atoms with E-state index in [4.69, 9.17) is 4.42 Å². The van der Waals surface area contributed by atoms with Crippen molar-refractivity contribution >= 4 is 5.91 Å². The first-order chi connectivity index (χ1) is 9.74. The second kappa shape index (κ2) is 5.46. The van der Waals surface area contributed by atoms with Crippen molar-refractivity contribution in [2.75, 3.05) is 19.6 Å². The van der Waals surface area contributed by atoms with E-state index in [9.17, 15) is 4.79 Å². The molecule has 1 aromatic carbocycles. The molecule has 1 fully saturated rings. The molecule has 2 N–H and O–H groups in total. The Morgan fingerprint density at radius 1 is 1.40 bits per heavy atom. The van der Waals surface area contributed by atoms with Crippen LogP contribution >= 0.6 is 0 Å². The van der Waals surface area contributed by atoms with Crippen LogP contribution in [0.2, 0.25) is 0 Å². The number of nitrogens with one attached hydrogen (secondary N) is 2. The molecule has 0 spiro atoms. The van der Waals surface area contributed by atoms with Crippen LogP contribution in [0.4, 0.5) is 0 Å². The first-order valence-electron chi connectivity index (χ1n) is 6.76. The van der Waals surface area contributed by atoms with Gasteiger partial charge in [-0.3, -0.25) is 4.79 Å². The lowest BCUT2D eigenvalue weighted by Crippen LogP contribution is -2.48. The van der Waals surface area contributed by atoms with Gasteiger partial charge in [-0.05, 0) is 19.1 Å². The topological polar surface area (TPSA) is 67.2 Å². The van der Waals surface area contributed by atoms with Crippen LogP contribution in [-0.4, -0.2) is 30.5 Å². The minimum atomic E-state index is -0.191. The van der Waals surface area contributed by atoms with Gasteiger partial charge in [0.1, 0.15) is 0 Å². The van der Waals surface area contributed by atoms with Crippen molar-refractivity contribution in [1.29, 1.82) is 0 Å². The molecule has 1 aliphatic heterocycles. The standard InChI is InChI=1S/C15H17N3O2/c1-10-13(14(19)17-9-11-7-16-8-11)20-15(18-10)12-5-3-2-4-6-12/h2-6,11,16H,7-9H2,1H3,(H,17,19). The number of oxazole rings is 1. The Labute approximate surface area is 117 Å². The molecule has 20 heavy (non-hydrogen) atoms. The second-order valence-electron chi connectivity index (χ2n) is 5.03. The lowest BCUT2D eigenvalue weighted by molar-refractivity contribution is 0.0914. The fourth-order valence-corrected chi connectivity index (χ4v) is 2.12. The van der Waals surface area contributed by atoms with Gasteiger partial charge in [0, 0.05) is 31.1 Å². The van der Waals surface area contributed by atoms with Gasteiger partial charge in [0.05, 0.1) is 5.69 Å². The number of carbonyl (C=O) groups excluding carboxylic acids is 1. The minimum absolute atomic E-state index is 0.191. The zero-order valence-corrected chi connectivity index (χ0v) is 11.3. The summed E-state index contributed by atoms with van der Waals surface area (Å²) in [6, 6.07) is 9.58. The Kier molecular flexibility index (Phi) is 3.52. The number of nitrogens with zero attached hydrogens (tertiary/aromatic N) is 1. The number of carbonyl (C=O) groups is 1. The molecule has 0 aliphatic carbocycles. The van der Waals surface area contributed by atoms with Gasteiger partial charge in [0.2, 0.25) is 11.7 Å². The molecule has 2 heterocycles. The van der Waals surface area contributed by atoms with Gasteiger partial charge in [-0.15, -0.1) is 0 Å². The maximum Gasteiger partial charge on any atom is 0.289 e. The molecular weight excluding hydrogens is 254 g/mol. The largest absolute Gasteiger partial charge is 0.431 e. The van der Waals surface area contributed by atoms with Gasteiger partial charge in [0.15, 0.2) is 0 Å². The first kappa shape index (κ1) is 12.9. The van der Waals surface area contributed by atoms with E-state index in [1.54, 1.807) is 6.92 Å². The third kappa shape index (κ3) is 2.58. The average Bonchev–Trinajstić information content (AvgIpc) is 2.80. The van der Waals surface area contributed by atoms with Crippen LogP contribution < -0.4 is 10.6 Å². The van der Waals surface area contributed by atoms with Crippen molar-refractivity contribution in [3.8, 4) is 11.5 Å². The SMILES string of the molecule is Cc1nc(-c2ccccc2)oc1C(=O)NCC1CNC1. The number of benzene rings is 1. The Morgan fingerprint density at radius 2 is 2.15 bits per heavy atom. The third-order valence-corrected chi connectivity index (χ3v) is 3.44. The van der Waals surface area contributed by atoms with Crippen molar-refractivity contribution in [3.05, 3.63) is 41.8 Å². The summed E-state index contributed by atoms with van der Waals surface area (Å²) in [5.74, 6) is 1.12. The van der Waals surface area contributed by atoms with E-state index in [1.165, 1.54) is 0 Å². The summed E-state index contributed by atoms with van der Waals surface area (Å²) in [7, 11) is 0. The highest BCUT2D eigenvalue weighted by Crippen LogP contribution is 2.21. The lowest BCUT2D eigenvalue weighted by Gasteiger charge is -2.26. The molecule has 0 saturated carbocycles. The molecule has 2 aromatic rings. The summed E-state index contributed by atoms with van der Waals surface area (Å²) in [6.45, 7) is 4.39. The van der Waals surface area contributed by atoms with Gasteiger partial charge in [-0.1, -0.05) is 18.2 Å². The van der Waals surface area contributed by atoms with E-state index in [-0.39, 0.29) is 5.91 Å². The smallest absolute Gasteiger partial charge is 0.289 e. The zero-order valence-electron chi connectivity index (χ0n) is 11.3. The second-order valence-corrected chi connectivity index (χ2v) is 5.03.